The van der Waals surface area contributed by atoms with E-state index in [0.29, 0.717) is 24.1 Å². The van der Waals surface area contributed by atoms with Crippen molar-refractivity contribution in [2.45, 2.75) is 46.2 Å². The van der Waals surface area contributed by atoms with Crippen LogP contribution in [0.15, 0.2) is 96.4 Å². The van der Waals surface area contributed by atoms with Crippen LogP contribution in [0.1, 0.15) is 55.2 Å². The standard InChI is InChI=1S/C21H26N2O2.C12H12F3N5.C3H4/c1-3-7-18(20(24)22-14-4-2)11-8-17-9-12-19(13-10-17)21(25)23-15-5-6-16-23;1-8(18-16-2)20-11(12(13,14)15)6-10(19-20)9-4-3-5-17-7-9;1-3-2/h3-4,7,9-13H,2,5-6,8,14-16H2,1H3,(H,22,24);3-7,16H,1-2H3;1H,2H3/b7-3-,18-11+;18-8+;. The fraction of sp³-hybridized carbons (Fsp3) is 0.306. The first-order chi connectivity index (χ1) is 23.0. The SMILES string of the molecule is C#CC.C=CCNC(=O)C(/C=C\C)=C/Cc1ccc(C(=O)N2CCCC2)cc1.CN/N=C(\C)n1nc(-c2cccnc2)cc1C(F)(F)F. The van der Waals surface area contributed by atoms with Gasteiger partial charge in [-0.1, -0.05) is 36.4 Å². The minimum absolute atomic E-state index is 0.0926. The van der Waals surface area contributed by atoms with Gasteiger partial charge in [0, 0.05) is 55.8 Å². The first kappa shape index (κ1) is 38.7. The lowest BCUT2D eigenvalue weighted by Crippen LogP contribution is -2.27. The van der Waals surface area contributed by atoms with Gasteiger partial charge < -0.3 is 15.6 Å². The Labute approximate surface area is 280 Å². The van der Waals surface area contributed by atoms with Crippen molar-refractivity contribution in [2.75, 3.05) is 26.7 Å². The van der Waals surface area contributed by atoms with Gasteiger partial charge in [0.15, 0.2) is 0 Å². The van der Waals surface area contributed by atoms with Crippen molar-refractivity contribution in [3.8, 4) is 23.6 Å². The van der Waals surface area contributed by atoms with E-state index in [1.54, 1.807) is 37.4 Å². The summed E-state index contributed by atoms with van der Waals surface area (Å²) in [5, 5.41) is 10.5. The van der Waals surface area contributed by atoms with Gasteiger partial charge in [0.25, 0.3) is 11.8 Å². The summed E-state index contributed by atoms with van der Waals surface area (Å²) in [6.07, 6.45) is 13.1. The Morgan fingerprint density at radius 2 is 1.83 bits per heavy atom. The number of benzene rings is 1. The Balaban J connectivity index is 0.000000314. The van der Waals surface area contributed by atoms with Crippen LogP contribution in [-0.2, 0) is 17.4 Å². The monoisotopic (exact) mass is 661 g/mol. The predicted octanol–water partition coefficient (Wildman–Crippen LogP) is 6.27. The van der Waals surface area contributed by atoms with Crippen LogP contribution in [0.3, 0.4) is 0 Å². The number of nitrogens with zero attached hydrogens (tertiary/aromatic N) is 5. The van der Waals surface area contributed by atoms with Crippen LogP contribution in [0.25, 0.3) is 11.3 Å². The number of nitrogens with one attached hydrogen (secondary N) is 2. The Morgan fingerprint density at radius 3 is 2.38 bits per heavy atom. The maximum absolute atomic E-state index is 13.0. The molecular weight excluding hydrogens is 619 g/mol. The molecular formula is C36H42F3N7O2. The third-order valence-corrected chi connectivity index (χ3v) is 6.70. The smallest absolute Gasteiger partial charge is 0.349 e. The lowest BCUT2D eigenvalue weighted by molar-refractivity contribution is -0.142. The second-order valence-electron chi connectivity index (χ2n) is 10.3. The lowest BCUT2D eigenvalue weighted by Gasteiger charge is -2.15. The van der Waals surface area contributed by atoms with Crippen molar-refractivity contribution in [2.24, 2.45) is 5.10 Å². The summed E-state index contributed by atoms with van der Waals surface area (Å²) in [6.45, 7) is 10.7. The number of likely N-dealkylation sites (tertiary alicyclic amines) is 1. The van der Waals surface area contributed by atoms with Gasteiger partial charge in [-0.2, -0.15) is 23.4 Å². The van der Waals surface area contributed by atoms with Crippen LogP contribution >= 0.6 is 0 Å². The fourth-order valence-corrected chi connectivity index (χ4v) is 4.49. The topological polar surface area (TPSA) is 105 Å². The van der Waals surface area contributed by atoms with Gasteiger partial charge in [-0.15, -0.1) is 18.9 Å². The van der Waals surface area contributed by atoms with Gasteiger partial charge >= 0.3 is 6.18 Å². The summed E-state index contributed by atoms with van der Waals surface area (Å²) in [7, 11) is 1.50. The number of amides is 2. The van der Waals surface area contributed by atoms with Crippen LogP contribution in [0, 0.1) is 12.3 Å². The second-order valence-corrected chi connectivity index (χ2v) is 10.3. The maximum atomic E-state index is 13.0. The number of terminal acetylenes is 1. The maximum Gasteiger partial charge on any atom is 0.433 e. The Kier molecular flexibility index (Phi) is 16.1. The van der Waals surface area contributed by atoms with E-state index in [0.717, 1.165) is 47.8 Å². The number of hydrogen-bond donors (Lipinski definition) is 2. The molecule has 254 valence electrons. The summed E-state index contributed by atoms with van der Waals surface area (Å²) >= 11 is 0. The number of hydrazone groups is 1. The largest absolute Gasteiger partial charge is 0.433 e. The van der Waals surface area contributed by atoms with Crippen LogP contribution in [0.2, 0.25) is 0 Å². The van der Waals surface area contributed by atoms with Crippen molar-refractivity contribution in [3.63, 3.8) is 0 Å². The molecule has 3 aromatic rings. The van der Waals surface area contributed by atoms with Gasteiger partial charge in [-0.25, -0.2) is 4.68 Å². The van der Waals surface area contributed by atoms with Crippen LogP contribution in [0.5, 0.6) is 0 Å². The first-order valence-electron chi connectivity index (χ1n) is 15.3. The summed E-state index contributed by atoms with van der Waals surface area (Å²) in [6, 6.07) is 11.9. The molecule has 3 heterocycles. The highest BCUT2D eigenvalue weighted by molar-refractivity contribution is 5.96. The molecule has 4 rings (SSSR count). The average Bonchev–Trinajstić information content (AvgIpc) is 3.78. The van der Waals surface area contributed by atoms with Crippen molar-refractivity contribution in [3.05, 3.63) is 108 Å². The summed E-state index contributed by atoms with van der Waals surface area (Å²) in [5.41, 5.74) is 4.68. The highest BCUT2D eigenvalue weighted by Crippen LogP contribution is 2.32. The second kappa shape index (κ2) is 19.9. The number of alkyl halides is 3. The predicted molar refractivity (Wildman–Crippen MR) is 184 cm³/mol. The number of halogens is 3. The molecule has 0 unspecified atom stereocenters. The van der Waals surface area contributed by atoms with Gasteiger partial charge in [-0.3, -0.25) is 14.6 Å². The molecule has 1 aromatic carbocycles. The Morgan fingerprint density at radius 1 is 1.17 bits per heavy atom. The number of rotatable bonds is 9. The van der Waals surface area contributed by atoms with Gasteiger partial charge in [-0.05, 0) is 75.9 Å². The Bertz CT molecular complexity index is 1610. The molecule has 48 heavy (non-hydrogen) atoms. The van der Waals surface area contributed by atoms with E-state index >= 15 is 0 Å². The average molecular weight is 662 g/mol. The van der Waals surface area contributed by atoms with Crippen LogP contribution in [0.4, 0.5) is 13.2 Å². The van der Waals surface area contributed by atoms with Crippen molar-refractivity contribution < 1.29 is 22.8 Å². The zero-order valence-electron chi connectivity index (χ0n) is 27.7. The molecule has 0 bridgehead atoms. The molecule has 0 saturated carbocycles. The third-order valence-electron chi connectivity index (χ3n) is 6.70. The zero-order valence-corrected chi connectivity index (χ0v) is 27.7. The van der Waals surface area contributed by atoms with Crippen LogP contribution in [-0.4, -0.2) is 64.0 Å². The number of allylic oxidation sites excluding steroid dienone is 2. The number of carbonyl (C=O) groups is 2. The molecule has 0 spiro atoms. The lowest BCUT2D eigenvalue weighted by atomic mass is 10.1. The van der Waals surface area contributed by atoms with E-state index in [2.05, 4.69) is 44.8 Å². The number of aromatic nitrogens is 3. The zero-order chi connectivity index (χ0) is 35.5. The first-order valence-corrected chi connectivity index (χ1v) is 15.3. The van der Waals surface area contributed by atoms with Gasteiger partial charge in [0.2, 0.25) is 0 Å². The summed E-state index contributed by atoms with van der Waals surface area (Å²) in [5.74, 6) is 2.34. The van der Waals surface area contributed by atoms with E-state index in [1.165, 1.54) is 20.2 Å². The molecule has 2 N–H and O–H groups in total. The molecule has 0 atom stereocenters. The molecule has 1 fully saturated rings. The number of carbonyl (C=O) groups excluding carboxylic acids is 2. The number of pyridine rings is 1. The molecule has 0 aliphatic carbocycles. The molecule has 1 saturated heterocycles. The molecule has 9 nitrogen and oxygen atoms in total. The van der Waals surface area contributed by atoms with E-state index in [-0.39, 0.29) is 23.3 Å². The molecule has 1 aliphatic heterocycles. The quantitative estimate of drug-likeness (QED) is 0.0535. The normalized spacial score (nSPS) is 13.1. The van der Waals surface area contributed by atoms with Crippen molar-refractivity contribution in [1.82, 2.24) is 30.4 Å². The molecule has 1 aliphatic rings. The van der Waals surface area contributed by atoms with E-state index in [4.69, 9.17) is 0 Å². The minimum atomic E-state index is -4.52. The molecule has 12 heteroatoms. The van der Waals surface area contributed by atoms with E-state index in [9.17, 15) is 22.8 Å². The van der Waals surface area contributed by atoms with Gasteiger partial charge in [0.1, 0.15) is 11.5 Å². The summed E-state index contributed by atoms with van der Waals surface area (Å²) < 4.78 is 39.8. The molecule has 2 aromatic heterocycles. The van der Waals surface area contributed by atoms with Crippen molar-refractivity contribution in [1.29, 1.82) is 0 Å². The highest BCUT2D eigenvalue weighted by Gasteiger charge is 2.36. The minimum Gasteiger partial charge on any atom is -0.349 e. The summed E-state index contributed by atoms with van der Waals surface area (Å²) in [4.78, 5) is 30.2. The third kappa shape index (κ3) is 12.1. The van der Waals surface area contributed by atoms with E-state index < -0.39 is 11.9 Å². The van der Waals surface area contributed by atoms with Crippen molar-refractivity contribution >= 4 is 17.6 Å². The fourth-order valence-electron chi connectivity index (χ4n) is 4.49. The van der Waals surface area contributed by atoms with Crippen LogP contribution < -0.4 is 10.7 Å². The van der Waals surface area contributed by atoms with Gasteiger partial charge in [0.05, 0.1) is 5.69 Å². The Hall–Kier alpha value is -5.44. The highest BCUT2D eigenvalue weighted by atomic mass is 19.4. The number of hydrogen-bond acceptors (Lipinski definition) is 6. The van der Waals surface area contributed by atoms with E-state index in [1.807, 2.05) is 48.2 Å². The molecule has 2 amide bonds. The molecule has 0 radical (unpaired) electrons.